The van der Waals surface area contributed by atoms with Gasteiger partial charge in [0.25, 0.3) is 5.91 Å². The molecule has 14 heteroatoms. The molecule has 3 heterocycles. The average Bonchev–Trinajstić information content (AvgIpc) is 3.81. The number of pyridine rings is 1. The second-order valence-electron chi connectivity index (χ2n) is 17.7. The number of allylic oxidation sites excluding steroid dienone is 1. The molecule has 0 spiro atoms. The number of ether oxygens (including phenoxy) is 2. The average molecular weight is 820 g/mol. The molecule has 8 atom stereocenters. The summed E-state index contributed by atoms with van der Waals surface area (Å²) in [6.07, 6.45) is 11.0. The number of fused-ring (bicyclic) bond motifs is 3. The lowest BCUT2D eigenvalue weighted by Gasteiger charge is -2.47. The van der Waals surface area contributed by atoms with Crippen LogP contribution in [0.5, 0.6) is 5.75 Å². The maximum atomic E-state index is 14.8. The van der Waals surface area contributed by atoms with E-state index < -0.39 is 68.2 Å². The Labute approximate surface area is 342 Å². The van der Waals surface area contributed by atoms with E-state index in [1.807, 2.05) is 50.3 Å². The van der Waals surface area contributed by atoms with Gasteiger partial charge in [0, 0.05) is 23.3 Å². The number of para-hydroxylation sites is 1. The van der Waals surface area contributed by atoms with Gasteiger partial charge in [0.2, 0.25) is 21.8 Å². The predicted molar refractivity (Wildman–Crippen MR) is 220 cm³/mol. The first-order valence-electron chi connectivity index (χ1n) is 21.6. The summed E-state index contributed by atoms with van der Waals surface area (Å²) in [4.78, 5) is 63.5. The number of rotatable bonds is 10. The zero-order valence-electron chi connectivity index (χ0n) is 34.7. The number of alkyl carbamates (subject to hydrolysis) is 1. The van der Waals surface area contributed by atoms with Crippen LogP contribution < -0.4 is 20.1 Å². The van der Waals surface area contributed by atoms with E-state index in [4.69, 9.17) is 14.5 Å². The lowest BCUT2D eigenvalue weighted by Crippen LogP contribution is -2.70. The highest BCUT2D eigenvalue weighted by molar-refractivity contribution is 7.91. The van der Waals surface area contributed by atoms with Gasteiger partial charge in [-0.3, -0.25) is 19.1 Å². The Morgan fingerprint density at radius 3 is 2.52 bits per heavy atom. The first-order chi connectivity index (χ1) is 27.7. The van der Waals surface area contributed by atoms with Crippen LogP contribution in [0.3, 0.4) is 0 Å². The van der Waals surface area contributed by atoms with E-state index in [0.717, 1.165) is 48.6 Å². The summed E-state index contributed by atoms with van der Waals surface area (Å²) in [6, 6.07) is 5.82. The molecule has 13 nitrogen and oxygen atoms in total. The second-order valence-corrected chi connectivity index (χ2v) is 19.9. The third-order valence-corrected chi connectivity index (χ3v) is 15.8. The van der Waals surface area contributed by atoms with Gasteiger partial charge in [-0.1, -0.05) is 70.4 Å². The van der Waals surface area contributed by atoms with E-state index in [2.05, 4.69) is 29.2 Å². The van der Waals surface area contributed by atoms with Crippen molar-refractivity contribution in [2.45, 2.75) is 159 Å². The molecule has 1 aromatic heterocycles. The van der Waals surface area contributed by atoms with Crippen molar-refractivity contribution in [3.8, 4) is 5.75 Å². The monoisotopic (exact) mass is 819 g/mol. The van der Waals surface area contributed by atoms with Crippen molar-refractivity contribution < 1.29 is 37.1 Å². The van der Waals surface area contributed by atoms with Gasteiger partial charge in [-0.25, -0.2) is 18.2 Å². The minimum Gasteiger partial charge on any atom is -0.486 e. The maximum absolute atomic E-state index is 14.8. The predicted octanol–water partition coefficient (Wildman–Crippen LogP) is 6.16. The largest absolute Gasteiger partial charge is 0.486 e. The zero-order chi connectivity index (χ0) is 41.4. The number of hydrogen-bond acceptors (Lipinski definition) is 9. The number of amides is 4. The van der Waals surface area contributed by atoms with Crippen molar-refractivity contribution in [2.75, 3.05) is 6.54 Å². The normalized spacial score (nSPS) is 31.0. The highest BCUT2D eigenvalue weighted by Crippen LogP contribution is 2.45. The lowest BCUT2D eigenvalue weighted by atomic mass is 9.65. The minimum atomic E-state index is -4.00. The lowest BCUT2D eigenvalue weighted by molar-refractivity contribution is -0.144. The van der Waals surface area contributed by atoms with Gasteiger partial charge >= 0.3 is 6.09 Å². The van der Waals surface area contributed by atoms with Gasteiger partial charge in [-0.2, -0.15) is 0 Å². The number of carbonyl (C=O) groups is 4. The van der Waals surface area contributed by atoms with Crippen LogP contribution in [-0.4, -0.2) is 83.2 Å². The molecule has 5 aliphatic rings. The molecule has 1 saturated heterocycles. The van der Waals surface area contributed by atoms with E-state index in [0.29, 0.717) is 62.3 Å². The molecule has 2 aliphatic heterocycles. The van der Waals surface area contributed by atoms with E-state index in [1.54, 1.807) is 6.92 Å². The topological polar surface area (TPSA) is 173 Å². The van der Waals surface area contributed by atoms with E-state index in [-0.39, 0.29) is 31.4 Å². The fourth-order valence-electron chi connectivity index (χ4n) is 9.53. The Kier molecular flexibility index (Phi) is 12.2. The summed E-state index contributed by atoms with van der Waals surface area (Å²) < 4.78 is 40.6. The van der Waals surface area contributed by atoms with Crippen molar-refractivity contribution in [3.63, 3.8) is 0 Å². The Morgan fingerprint density at radius 2 is 1.83 bits per heavy atom. The molecule has 3 aliphatic carbocycles. The quantitative estimate of drug-likeness (QED) is 0.238. The smallest absolute Gasteiger partial charge is 0.408 e. The third kappa shape index (κ3) is 8.18. The Balaban J connectivity index is 1.20. The fraction of sp³-hybridized carbons (Fsp3) is 0.659. The first-order valence-corrected chi connectivity index (χ1v) is 23.1. The van der Waals surface area contributed by atoms with Gasteiger partial charge in [-0.15, -0.1) is 0 Å². The zero-order valence-corrected chi connectivity index (χ0v) is 35.5. The van der Waals surface area contributed by atoms with E-state index in [1.165, 1.54) is 4.90 Å². The molecule has 58 heavy (non-hydrogen) atoms. The highest BCUT2D eigenvalue weighted by atomic mass is 32.2. The molecular weight excluding hydrogens is 759 g/mol. The summed E-state index contributed by atoms with van der Waals surface area (Å²) in [5.74, 6) is -0.860. The SMILES string of the molecule is CCCC1C(C)CC1OC(=O)NC1CCCCCC=CC2CCC2(C(=O)NS(=O)(=O)C2(C)CC2)NC(=O)C2CC(Oc3c(C)nc4ccccc4c3CC)CN2C1=O. The fourth-order valence-corrected chi connectivity index (χ4v) is 10.8. The number of aryl methyl sites for hydroxylation is 2. The van der Waals surface area contributed by atoms with Gasteiger partial charge in [-0.05, 0) is 96.0 Å². The first kappa shape index (κ1) is 41.9. The number of sulfonamides is 1. The van der Waals surface area contributed by atoms with E-state index >= 15 is 0 Å². The number of carbonyl (C=O) groups excluding carboxylic acids is 4. The Morgan fingerprint density at radius 1 is 1.05 bits per heavy atom. The van der Waals surface area contributed by atoms with Crippen LogP contribution in [-0.2, 0) is 35.6 Å². The van der Waals surface area contributed by atoms with Crippen LogP contribution >= 0.6 is 0 Å². The second kappa shape index (κ2) is 16.8. The van der Waals surface area contributed by atoms with Crippen molar-refractivity contribution >= 4 is 44.7 Å². The molecule has 8 unspecified atom stereocenters. The van der Waals surface area contributed by atoms with E-state index in [9.17, 15) is 27.6 Å². The molecule has 3 saturated carbocycles. The van der Waals surface area contributed by atoms with Gasteiger partial charge in [0.05, 0.1) is 22.5 Å². The molecule has 4 amide bonds. The van der Waals surface area contributed by atoms with Gasteiger partial charge in [0.15, 0.2) is 0 Å². The molecule has 3 N–H and O–H groups in total. The Bertz CT molecular complexity index is 2050. The molecular formula is C44H61N5O8S. The summed E-state index contributed by atoms with van der Waals surface area (Å²) in [5, 5.41) is 6.86. The summed E-state index contributed by atoms with van der Waals surface area (Å²) in [7, 11) is -4.00. The standard InChI is InChI=1S/C44H61N5O8S/c1-6-15-32-27(3)24-37(32)57-42(53)46-35-19-12-10-8-9-11-16-29-20-21-44(29,41(52)48-58(54,55)43(5)22-23-43)47-39(50)36-25-30(26-49(36)40(35)51)56-38-28(4)45-34-18-14-13-17-33(34)31(38)7-2/h11,13-14,16-18,27,29-30,32,35-37H,6-10,12,15,19-26H2,1-5H3,(H,46,53)(H,47,50)(H,48,52). The summed E-state index contributed by atoms with van der Waals surface area (Å²) in [6.45, 7) is 9.87. The number of hydrogen-bond donors (Lipinski definition) is 3. The third-order valence-electron chi connectivity index (χ3n) is 13.7. The van der Waals surface area contributed by atoms with Crippen LogP contribution in [0.1, 0.15) is 122 Å². The highest BCUT2D eigenvalue weighted by Gasteiger charge is 2.58. The molecule has 4 fully saturated rings. The minimum absolute atomic E-state index is 0.0492. The number of aromatic nitrogens is 1. The van der Waals surface area contributed by atoms with Crippen LogP contribution in [0.15, 0.2) is 36.4 Å². The molecule has 316 valence electrons. The Hall–Kier alpha value is -4.20. The molecule has 2 aromatic rings. The van der Waals surface area contributed by atoms with Crippen LogP contribution in [0, 0.1) is 24.7 Å². The number of benzene rings is 1. The van der Waals surface area contributed by atoms with Crippen molar-refractivity contribution in [1.29, 1.82) is 0 Å². The molecule has 0 radical (unpaired) electrons. The molecule has 1 aromatic carbocycles. The van der Waals surface area contributed by atoms with Crippen LogP contribution in [0.25, 0.3) is 10.9 Å². The number of nitrogens with one attached hydrogen (secondary N) is 3. The van der Waals surface area contributed by atoms with Crippen molar-refractivity contribution in [3.05, 3.63) is 47.7 Å². The van der Waals surface area contributed by atoms with Crippen LogP contribution in [0.2, 0.25) is 0 Å². The van der Waals surface area contributed by atoms with Gasteiger partial charge < -0.3 is 25.0 Å². The number of nitrogens with zero attached hydrogens (tertiary/aromatic N) is 2. The van der Waals surface area contributed by atoms with Crippen molar-refractivity contribution in [2.24, 2.45) is 17.8 Å². The maximum Gasteiger partial charge on any atom is 0.408 e. The summed E-state index contributed by atoms with van der Waals surface area (Å²) in [5.41, 5.74) is 0.990. The molecule has 7 rings (SSSR count). The van der Waals surface area contributed by atoms with Gasteiger partial charge in [0.1, 0.15) is 35.6 Å². The molecule has 0 bridgehead atoms. The van der Waals surface area contributed by atoms with Crippen LogP contribution in [0.4, 0.5) is 4.79 Å². The summed E-state index contributed by atoms with van der Waals surface area (Å²) >= 11 is 0. The van der Waals surface area contributed by atoms with Crippen molar-refractivity contribution in [1.82, 2.24) is 25.2 Å².